The summed E-state index contributed by atoms with van der Waals surface area (Å²) in [5, 5.41) is 7.53. The molecule has 0 spiro atoms. The zero-order valence-corrected chi connectivity index (χ0v) is 16.3. The quantitative estimate of drug-likeness (QED) is 0.530. The first-order valence-corrected chi connectivity index (χ1v) is 9.61. The minimum absolute atomic E-state index is 0.0192. The Labute approximate surface area is 169 Å². The lowest BCUT2D eigenvalue weighted by Gasteiger charge is -2.19. The van der Waals surface area contributed by atoms with Crippen LogP contribution in [0, 0.1) is 0 Å². The van der Waals surface area contributed by atoms with E-state index in [4.69, 9.17) is 0 Å². The highest BCUT2D eigenvalue weighted by molar-refractivity contribution is 5.77. The van der Waals surface area contributed by atoms with Gasteiger partial charge in [-0.05, 0) is 29.7 Å². The first kappa shape index (κ1) is 18.7. The molecule has 0 saturated carbocycles. The van der Waals surface area contributed by atoms with E-state index in [1.807, 2.05) is 95.6 Å². The third kappa shape index (κ3) is 4.43. The van der Waals surface area contributed by atoms with Crippen LogP contribution < -0.4 is 5.32 Å². The van der Waals surface area contributed by atoms with E-state index < -0.39 is 0 Å². The smallest absolute Gasteiger partial charge is 0.221 e. The molecule has 0 saturated heterocycles. The molecule has 1 unspecified atom stereocenters. The summed E-state index contributed by atoms with van der Waals surface area (Å²) in [6.07, 6.45) is 8.42. The third-order valence-electron chi connectivity index (χ3n) is 4.85. The average molecular weight is 385 g/mol. The van der Waals surface area contributed by atoms with Crippen LogP contribution in [0.2, 0.25) is 0 Å². The molecule has 2 aromatic carbocycles. The topological polar surface area (TPSA) is 64.7 Å². The van der Waals surface area contributed by atoms with Gasteiger partial charge >= 0.3 is 0 Å². The number of hydrogen-bond acceptors (Lipinski definition) is 3. The zero-order chi connectivity index (χ0) is 20.1. The van der Waals surface area contributed by atoms with Crippen LogP contribution in [0.1, 0.15) is 29.4 Å². The number of carbonyl (C=O) groups excluding carboxylic acids is 1. The first-order chi connectivity index (χ1) is 14.2. The number of aryl methyl sites for hydroxylation is 2. The van der Waals surface area contributed by atoms with Gasteiger partial charge in [0, 0.05) is 32.1 Å². The number of para-hydroxylation sites is 1. The van der Waals surface area contributed by atoms with E-state index in [2.05, 4.69) is 15.4 Å². The Bertz CT molecular complexity index is 1070. The largest absolute Gasteiger partial charge is 0.342 e. The standard InChI is InChI=1S/C23H23N5O/c1-27-15-14-24-23(27)22(19-8-4-2-5-9-19)26-21(29)13-12-18-16-25-28(17-18)20-10-6-3-7-11-20/h2-11,14-17,22H,12-13H2,1H3,(H,26,29). The number of amides is 1. The fraction of sp³-hybridized carbons (Fsp3) is 0.174. The molecule has 6 nitrogen and oxygen atoms in total. The van der Waals surface area contributed by atoms with Crippen LogP contribution in [0.25, 0.3) is 5.69 Å². The molecule has 0 bridgehead atoms. The molecule has 1 atom stereocenters. The Hall–Kier alpha value is -3.67. The summed E-state index contributed by atoms with van der Waals surface area (Å²) in [5.41, 5.74) is 3.03. The molecule has 4 rings (SSSR count). The molecule has 29 heavy (non-hydrogen) atoms. The van der Waals surface area contributed by atoms with Crippen molar-refractivity contribution in [3.05, 3.63) is 102 Å². The predicted molar refractivity (Wildman–Crippen MR) is 112 cm³/mol. The van der Waals surface area contributed by atoms with Gasteiger partial charge in [0.2, 0.25) is 5.91 Å². The second-order valence-corrected chi connectivity index (χ2v) is 6.94. The van der Waals surface area contributed by atoms with Crippen molar-refractivity contribution in [1.82, 2.24) is 24.6 Å². The van der Waals surface area contributed by atoms with E-state index in [9.17, 15) is 4.79 Å². The molecule has 2 heterocycles. The molecule has 4 aromatic rings. The molecule has 146 valence electrons. The summed E-state index contributed by atoms with van der Waals surface area (Å²) in [6.45, 7) is 0. The summed E-state index contributed by atoms with van der Waals surface area (Å²) >= 11 is 0. The predicted octanol–water partition coefficient (Wildman–Crippen LogP) is 3.44. The minimum atomic E-state index is -0.282. The highest BCUT2D eigenvalue weighted by Crippen LogP contribution is 2.20. The molecule has 6 heteroatoms. The maximum absolute atomic E-state index is 12.7. The average Bonchev–Trinajstić information content (AvgIpc) is 3.41. The van der Waals surface area contributed by atoms with E-state index in [0.717, 1.165) is 22.6 Å². The lowest BCUT2D eigenvalue weighted by Crippen LogP contribution is -2.31. The third-order valence-corrected chi connectivity index (χ3v) is 4.85. The van der Waals surface area contributed by atoms with Crippen molar-refractivity contribution in [2.75, 3.05) is 0 Å². The molecular weight excluding hydrogens is 362 g/mol. The van der Waals surface area contributed by atoms with Crippen LogP contribution in [0.5, 0.6) is 0 Å². The lowest BCUT2D eigenvalue weighted by atomic mass is 10.1. The van der Waals surface area contributed by atoms with Crippen LogP contribution in [0.4, 0.5) is 0 Å². The fourth-order valence-electron chi connectivity index (χ4n) is 3.30. The van der Waals surface area contributed by atoms with E-state index >= 15 is 0 Å². The molecule has 2 aromatic heterocycles. The van der Waals surface area contributed by atoms with Gasteiger partial charge in [-0.2, -0.15) is 5.10 Å². The van der Waals surface area contributed by atoms with Crippen molar-refractivity contribution in [2.24, 2.45) is 7.05 Å². The van der Waals surface area contributed by atoms with Crippen LogP contribution in [0.3, 0.4) is 0 Å². The maximum atomic E-state index is 12.7. The summed E-state index contributed by atoms with van der Waals surface area (Å²) in [6, 6.07) is 19.6. The summed E-state index contributed by atoms with van der Waals surface area (Å²) in [4.78, 5) is 17.1. The molecule has 0 aliphatic rings. The highest BCUT2D eigenvalue weighted by Gasteiger charge is 2.20. The van der Waals surface area contributed by atoms with Crippen molar-refractivity contribution in [3.8, 4) is 5.69 Å². The van der Waals surface area contributed by atoms with Crippen molar-refractivity contribution in [1.29, 1.82) is 0 Å². The van der Waals surface area contributed by atoms with Crippen LogP contribution in [0.15, 0.2) is 85.5 Å². The monoisotopic (exact) mass is 385 g/mol. The number of hydrogen-bond donors (Lipinski definition) is 1. The summed E-state index contributed by atoms with van der Waals surface area (Å²) < 4.78 is 3.76. The van der Waals surface area contributed by atoms with Gasteiger partial charge in [-0.3, -0.25) is 4.79 Å². The van der Waals surface area contributed by atoms with Gasteiger partial charge in [0.15, 0.2) is 0 Å². The Kier molecular flexibility index (Phi) is 5.52. The van der Waals surface area contributed by atoms with E-state index in [1.54, 1.807) is 6.20 Å². The maximum Gasteiger partial charge on any atom is 0.221 e. The normalized spacial score (nSPS) is 11.9. The van der Waals surface area contributed by atoms with Gasteiger partial charge in [-0.25, -0.2) is 9.67 Å². The number of nitrogens with zero attached hydrogens (tertiary/aromatic N) is 4. The second-order valence-electron chi connectivity index (χ2n) is 6.94. The van der Waals surface area contributed by atoms with Crippen LogP contribution in [-0.4, -0.2) is 25.2 Å². The lowest BCUT2D eigenvalue weighted by molar-refractivity contribution is -0.121. The van der Waals surface area contributed by atoms with Crippen LogP contribution >= 0.6 is 0 Å². The van der Waals surface area contributed by atoms with E-state index in [1.165, 1.54) is 0 Å². The van der Waals surface area contributed by atoms with Gasteiger partial charge in [0.25, 0.3) is 0 Å². The molecule has 0 aliphatic heterocycles. The van der Waals surface area contributed by atoms with E-state index in [0.29, 0.717) is 12.8 Å². The van der Waals surface area contributed by atoms with Crippen molar-refractivity contribution >= 4 is 5.91 Å². The van der Waals surface area contributed by atoms with Gasteiger partial charge in [-0.1, -0.05) is 48.5 Å². The number of rotatable bonds is 7. The molecule has 1 N–H and O–H groups in total. The Balaban J connectivity index is 1.43. The van der Waals surface area contributed by atoms with Gasteiger partial charge in [0.1, 0.15) is 11.9 Å². The number of carbonyl (C=O) groups is 1. The Morgan fingerprint density at radius 2 is 1.79 bits per heavy atom. The molecule has 0 fully saturated rings. The van der Waals surface area contributed by atoms with Gasteiger partial charge in [-0.15, -0.1) is 0 Å². The summed E-state index contributed by atoms with van der Waals surface area (Å²) in [5.74, 6) is 0.788. The van der Waals surface area contributed by atoms with Gasteiger partial charge < -0.3 is 9.88 Å². The molecular formula is C23H23N5O. The second kappa shape index (κ2) is 8.56. The Morgan fingerprint density at radius 1 is 1.07 bits per heavy atom. The molecule has 1 amide bonds. The highest BCUT2D eigenvalue weighted by atomic mass is 16.1. The number of benzene rings is 2. The molecule has 0 aliphatic carbocycles. The first-order valence-electron chi connectivity index (χ1n) is 9.61. The zero-order valence-electron chi connectivity index (χ0n) is 16.3. The van der Waals surface area contributed by atoms with E-state index in [-0.39, 0.29) is 11.9 Å². The van der Waals surface area contributed by atoms with Crippen LogP contribution in [-0.2, 0) is 18.3 Å². The number of nitrogens with one attached hydrogen (secondary N) is 1. The SMILES string of the molecule is Cn1ccnc1C(NC(=O)CCc1cnn(-c2ccccc2)c1)c1ccccc1. The minimum Gasteiger partial charge on any atom is -0.342 e. The number of aromatic nitrogens is 4. The van der Waals surface area contributed by atoms with Crippen molar-refractivity contribution in [3.63, 3.8) is 0 Å². The Morgan fingerprint density at radius 3 is 2.48 bits per heavy atom. The van der Waals surface area contributed by atoms with Crippen molar-refractivity contribution in [2.45, 2.75) is 18.9 Å². The van der Waals surface area contributed by atoms with Crippen molar-refractivity contribution < 1.29 is 4.79 Å². The van der Waals surface area contributed by atoms with Gasteiger partial charge in [0.05, 0.1) is 11.9 Å². The number of imidazole rings is 1. The molecule has 0 radical (unpaired) electrons. The fourth-order valence-corrected chi connectivity index (χ4v) is 3.30. The summed E-state index contributed by atoms with van der Waals surface area (Å²) in [7, 11) is 1.93.